The molecule has 0 aliphatic rings. The first-order chi connectivity index (χ1) is 42.5. The summed E-state index contributed by atoms with van der Waals surface area (Å²) in [5.41, 5.74) is 0. The number of unbranched alkanes of at least 4 members (excludes halogenated alkanes) is 63. The summed E-state index contributed by atoms with van der Waals surface area (Å²) < 4.78 is 5.50. The summed E-state index contributed by atoms with van der Waals surface area (Å²) >= 11 is 0. The molecule has 6 heteroatoms. The molecule has 0 saturated heterocycles. The van der Waals surface area contributed by atoms with Crippen LogP contribution in [0.3, 0.4) is 0 Å². The highest BCUT2D eigenvalue weighted by Gasteiger charge is 2.20. The topological polar surface area (TPSA) is 95.9 Å². The minimum Gasteiger partial charge on any atom is -0.466 e. The molecule has 0 aliphatic carbocycles. The zero-order chi connectivity index (χ0) is 62.0. The fourth-order valence-electron chi connectivity index (χ4n) is 13.0. The van der Waals surface area contributed by atoms with Crippen molar-refractivity contribution in [1.82, 2.24) is 5.32 Å². The van der Waals surface area contributed by atoms with Crippen molar-refractivity contribution < 1.29 is 24.5 Å². The van der Waals surface area contributed by atoms with Gasteiger partial charge in [0.05, 0.1) is 25.4 Å². The Morgan fingerprint density at radius 1 is 0.314 bits per heavy atom. The standard InChI is InChI=1S/C80H157NO5/c1-3-5-7-9-11-13-15-17-19-20-38-41-45-48-52-56-60-64-68-72-78(83)77(76-82)81-79(84)73-69-65-61-57-53-49-46-42-39-36-34-32-30-28-26-24-22-21-23-25-27-29-31-33-35-37-40-43-47-51-55-59-63-67-71-75-86-80(85)74-70-66-62-58-54-50-44-18-16-14-12-10-8-6-4-2/h18,44,77-78,82-83H,3-17,19-43,45-76H2,1-2H3,(H,81,84)/b44-18-. The first-order valence-corrected chi connectivity index (χ1v) is 39.9. The van der Waals surface area contributed by atoms with Crippen molar-refractivity contribution in [2.24, 2.45) is 0 Å². The highest BCUT2D eigenvalue weighted by atomic mass is 16.5. The lowest BCUT2D eigenvalue weighted by molar-refractivity contribution is -0.143. The molecule has 1 amide bonds. The first-order valence-electron chi connectivity index (χ1n) is 39.9. The van der Waals surface area contributed by atoms with E-state index in [1.165, 1.54) is 385 Å². The van der Waals surface area contributed by atoms with Gasteiger partial charge in [0.15, 0.2) is 0 Å². The number of aliphatic hydroxyl groups is 2. The molecule has 0 aromatic carbocycles. The van der Waals surface area contributed by atoms with Crippen LogP contribution < -0.4 is 5.32 Å². The fourth-order valence-corrected chi connectivity index (χ4v) is 13.0. The predicted molar refractivity (Wildman–Crippen MR) is 380 cm³/mol. The Hall–Kier alpha value is -1.40. The molecule has 2 atom stereocenters. The largest absolute Gasteiger partial charge is 0.466 e. The molecule has 6 nitrogen and oxygen atoms in total. The fraction of sp³-hybridized carbons (Fsp3) is 0.950. The number of allylic oxidation sites excluding steroid dienone is 2. The van der Waals surface area contributed by atoms with Crippen molar-refractivity contribution >= 4 is 11.9 Å². The Morgan fingerprint density at radius 2 is 0.547 bits per heavy atom. The number of ether oxygens (including phenoxy) is 1. The highest BCUT2D eigenvalue weighted by Crippen LogP contribution is 2.20. The van der Waals surface area contributed by atoms with Gasteiger partial charge in [-0.1, -0.05) is 411 Å². The maximum atomic E-state index is 12.6. The van der Waals surface area contributed by atoms with E-state index in [4.69, 9.17) is 4.74 Å². The van der Waals surface area contributed by atoms with Gasteiger partial charge in [0.2, 0.25) is 5.91 Å². The normalized spacial score (nSPS) is 12.5. The molecule has 86 heavy (non-hydrogen) atoms. The molecular weight excluding hydrogens is 1050 g/mol. The third-order valence-corrected chi connectivity index (χ3v) is 19.1. The van der Waals surface area contributed by atoms with Gasteiger partial charge in [-0.05, 0) is 51.4 Å². The highest BCUT2D eigenvalue weighted by molar-refractivity contribution is 5.76. The number of amides is 1. The van der Waals surface area contributed by atoms with Crippen molar-refractivity contribution in [1.29, 1.82) is 0 Å². The van der Waals surface area contributed by atoms with E-state index in [1.807, 2.05) is 0 Å². The number of esters is 1. The summed E-state index contributed by atoms with van der Waals surface area (Å²) in [6, 6.07) is -0.537. The lowest BCUT2D eigenvalue weighted by Gasteiger charge is -2.22. The van der Waals surface area contributed by atoms with Crippen LogP contribution in [-0.2, 0) is 14.3 Å². The molecule has 0 radical (unpaired) electrons. The van der Waals surface area contributed by atoms with Gasteiger partial charge in [0.1, 0.15) is 0 Å². The molecule has 0 aromatic rings. The summed E-state index contributed by atoms with van der Waals surface area (Å²) in [7, 11) is 0. The molecule has 3 N–H and O–H groups in total. The number of aliphatic hydroxyl groups excluding tert-OH is 2. The molecule has 0 aromatic heterocycles. The zero-order valence-corrected chi connectivity index (χ0v) is 58.8. The molecule has 0 saturated carbocycles. The van der Waals surface area contributed by atoms with Crippen LogP contribution in [-0.4, -0.2) is 47.4 Å². The summed E-state index contributed by atoms with van der Waals surface area (Å²) in [5, 5.41) is 23.4. The Kier molecular flexibility index (Phi) is 74.8. The number of hydrogen-bond donors (Lipinski definition) is 3. The molecule has 0 bridgehead atoms. The van der Waals surface area contributed by atoms with E-state index in [1.54, 1.807) is 0 Å². The molecule has 0 rings (SSSR count). The Labute approximate surface area is 539 Å². The zero-order valence-electron chi connectivity index (χ0n) is 58.8. The van der Waals surface area contributed by atoms with Gasteiger partial charge in [-0.3, -0.25) is 9.59 Å². The average molecular weight is 1210 g/mol. The lowest BCUT2D eigenvalue weighted by Crippen LogP contribution is -2.45. The Morgan fingerprint density at radius 3 is 0.826 bits per heavy atom. The average Bonchev–Trinajstić information content (AvgIpc) is 3.55. The third kappa shape index (κ3) is 71.7. The second-order valence-corrected chi connectivity index (χ2v) is 27.8. The minimum atomic E-state index is -0.661. The van der Waals surface area contributed by atoms with Crippen LogP contribution in [0.15, 0.2) is 12.2 Å². The SMILES string of the molecule is CCCCCCCC/C=C\CCCCCCCC(=O)OCCCCCCCCCCCCCCCCCCCCCCCCCCCCCCCCCCCCCC(=O)NC(CO)C(O)CCCCCCCCCCCCCCCCCCCCC. The first kappa shape index (κ1) is 84.6. The van der Waals surface area contributed by atoms with Crippen molar-refractivity contribution in [2.45, 2.75) is 475 Å². The summed E-state index contributed by atoms with van der Waals surface area (Å²) in [4.78, 5) is 24.6. The summed E-state index contributed by atoms with van der Waals surface area (Å²) in [5.74, 6) is -0.00860. The number of rotatable bonds is 76. The minimum absolute atomic E-state index is 0.0158. The van der Waals surface area contributed by atoms with E-state index >= 15 is 0 Å². The smallest absolute Gasteiger partial charge is 0.305 e. The van der Waals surface area contributed by atoms with Crippen LogP contribution in [0.25, 0.3) is 0 Å². The maximum absolute atomic E-state index is 12.6. The van der Waals surface area contributed by atoms with E-state index < -0.39 is 12.1 Å². The van der Waals surface area contributed by atoms with Gasteiger partial charge >= 0.3 is 5.97 Å². The second-order valence-electron chi connectivity index (χ2n) is 27.8. The van der Waals surface area contributed by atoms with E-state index in [0.717, 1.165) is 44.9 Å². The number of nitrogens with one attached hydrogen (secondary N) is 1. The van der Waals surface area contributed by atoms with E-state index in [2.05, 4.69) is 31.3 Å². The number of carbonyl (C=O) groups excluding carboxylic acids is 2. The summed E-state index contributed by atoms with van der Waals surface area (Å²) in [6.07, 6.45) is 96.0. The molecule has 0 aliphatic heterocycles. The van der Waals surface area contributed by atoms with Crippen LogP contribution >= 0.6 is 0 Å². The Balaban J connectivity index is 3.30. The van der Waals surface area contributed by atoms with Gasteiger partial charge in [0, 0.05) is 12.8 Å². The third-order valence-electron chi connectivity index (χ3n) is 19.1. The van der Waals surface area contributed by atoms with Crippen LogP contribution in [0.2, 0.25) is 0 Å². The molecule has 0 fully saturated rings. The maximum Gasteiger partial charge on any atom is 0.305 e. The summed E-state index contributed by atoms with van der Waals surface area (Å²) in [6.45, 7) is 5.00. The Bertz CT molecular complexity index is 1300. The van der Waals surface area contributed by atoms with Gasteiger partial charge in [-0.2, -0.15) is 0 Å². The van der Waals surface area contributed by atoms with Crippen LogP contribution in [0.4, 0.5) is 0 Å². The second kappa shape index (κ2) is 76.1. The molecule has 0 spiro atoms. The molecule has 512 valence electrons. The van der Waals surface area contributed by atoms with E-state index in [0.29, 0.717) is 25.9 Å². The molecular formula is C80H157NO5. The van der Waals surface area contributed by atoms with E-state index in [-0.39, 0.29) is 18.5 Å². The van der Waals surface area contributed by atoms with Crippen molar-refractivity contribution in [2.75, 3.05) is 13.2 Å². The van der Waals surface area contributed by atoms with Crippen molar-refractivity contribution in [3.8, 4) is 0 Å². The van der Waals surface area contributed by atoms with Crippen LogP contribution in [0.5, 0.6) is 0 Å². The quantitative estimate of drug-likeness (QED) is 0.0320. The van der Waals surface area contributed by atoms with E-state index in [9.17, 15) is 19.8 Å². The number of carbonyl (C=O) groups is 2. The van der Waals surface area contributed by atoms with Crippen molar-refractivity contribution in [3.05, 3.63) is 12.2 Å². The van der Waals surface area contributed by atoms with Gasteiger partial charge in [-0.25, -0.2) is 0 Å². The molecule has 0 heterocycles. The number of hydrogen-bond acceptors (Lipinski definition) is 5. The van der Waals surface area contributed by atoms with Crippen molar-refractivity contribution in [3.63, 3.8) is 0 Å². The molecule has 2 unspecified atom stereocenters. The van der Waals surface area contributed by atoms with Gasteiger partial charge in [0.25, 0.3) is 0 Å². The monoisotopic (exact) mass is 1210 g/mol. The lowest BCUT2D eigenvalue weighted by atomic mass is 10.0. The van der Waals surface area contributed by atoms with Crippen LogP contribution in [0.1, 0.15) is 463 Å². The van der Waals surface area contributed by atoms with Gasteiger partial charge < -0.3 is 20.3 Å². The predicted octanol–water partition coefficient (Wildman–Crippen LogP) is 26.3. The van der Waals surface area contributed by atoms with Crippen LogP contribution in [0, 0.1) is 0 Å². The van der Waals surface area contributed by atoms with Gasteiger partial charge in [-0.15, -0.1) is 0 Å².